The van der Waals surface area contributed by atoms with Crippen LogP contribution in [0.2, 0.25) is 0 Å². The molecule has 3 nitrogen and oxygen atoms in total. The fourth-order valence-corrected chi connectivity index (χ4v) is 2.61. The molecule has 1 aromatic carbocycles. The normalized spacial score (nSPS) is 22.9. The summed E-state index contributed by atoms with van der Waals surface area (Å²) >= 11 is 0. The van der Waals surface area contributed by atoms with Gasteiger partial charge >= 0.3 is 0 Å². The van der Waals surface area contributed by atoms with E-state index in [2.05, 4.69) is 17.4 Å². The Kier molecular flexibility index (Phi) is 2.54. The van der Waals surface area contributed by atoms with Gasteiger partial charge < -0.3 is 10.1 Å². The predicted octanol–water partition coefficient (Wildman–Crippen LogP) is 2.67. The first kappa shape index (κ1) is 10.6. The maximum absolute atomic E-state index is 11.6. The van der Waals surface area contributed by atoms with E-state index in [0.29, 0.717) is 0 Å². The lowest BCUT2D eigenvalue weighted by atomic mass is 10.0. The van der Waals surface area contributed by atoms with Crippen molar-refractivity contribution in [1.82, 2.24) is 0 Å². The van der Waals surface area contributed by atoms with E-state index >= 15 is 0 Å². The number of benzene rings is 1. The molecule has 3 rings (SSSR count). The highest BCUT2D eigenvalue weighted by Gasteiger charge is 2.25. The molecule has 0 saturated heterocycles. The molecule has 2 aliphatic rings. The zero-order chi connectivity index (χ0) is 11.8. The topological polar surface area (TPSA) is 38.3 Å². The lowest BCUT2D eigenvalue weighted by molar-refractivity contribution is -0.122. The third-order valence-electron chi connectivity index (χ3n) is 3.62. The van der Waals surface area contributed by atoms with E-state index in [4.69, 9.17) is 4.74 Å². The molecule has 3 heteroatoms. The lowest BCUT2D eigenvalue weighted by Gasteiger charge is -2.24. The third kappa shape index (κ3) is 1.90. The van der Waals surface area contributed by atoms with Crippen LogP contribution in [0.1, 0.15) is 37.3 Å². The van der Waals surface area contributed by atoms with Gasteiger partial charge in [0, 0.05) is 0 Å². The van der Waals surface area contributed by atoms with E-state index in [1.807, 2.05) is 0 Å². The average molecular weight is 231 g/mol. The van der Waals surface area contributed by atoms with Crippen LogP contribution in [-0.4, -0.2) is 12.0 Å². The Hall–Kier alpha value is -1.51. The van der Waals surface area contributed by atoms with Crippen LogP contribution in [0.25, 0.3) is 0 Å². The molecule has 1 aliphatic carbocycles. The number of nitrogens with one attached hydrogen (secondary N) is 1. The summed E-state index contributed by atoms with van der Waals surface area (Å²) in [6, 6.07) is 4.21. The Morgan fingerprint density at radius 2 is 1.88 bits per heavy atom. The molecule has 1 atom stereocenters. The van der Waals surface area contributed by atoms with E-state index in [9.17, 15) is 4.79 Å². The highest BCUT2D eigenvalue weighted by molar-refractivity contribution is 5.97. The van der Waals surface area contributed by atoms with Crippen LogP contribution >= 0.6 is 0 Å². The van der Waals surface area contributed by atoms with Gasteiger partial charge in [-0.05, 0) is 55.9 Å². The number of hydrogen-bond donors (Lipinski definition) is 1. The van der Waals surface area contributed by atoms with Gasteiger partial charge in [-0.25, -0.2) is 0 Å². The largest absolute Gasteiger partial charge is 0.479 e. The zero-order valence-corrected chi connectivity index (χ0v) is 10.1. The van der Waals surface area contributed by atoms with Gasteiger partial charge in [-0.1, -0.05) is 6.42 Å². The van der Waals surface area contributed by atoms with Crippen molar-refractivity contribution in [3.63, 3.8) is 0 Å². The minimum Gasteiger partial charge on any atom is -0.479 e. The maximum Gasteiger partial charge on any atom is 0.265 e. The minimum atomic E-state index is -0.383. The Balaban J connectivity index is 2.02. The molecule has 0 spiro atoms. The molecule has 1 amide bonds. The van der Waals surface area contributed by atoms with Gasteiger partial charge in [-0.3, -0.25) is 4.79 Å². The van der Waals surface area contributed by atoms with Crippen molar-refractivity contribution >= 4 is 11.6 Å². The van der Waals surface area contributed by atoms with Gasteiger partial charge in [0.1, 0.15) is 5.75 Å². The van der Waals surface area contributed by atoms with E-state index in [1.165, 1.54) is 30.4 Å². The molecule has 1 unspecified atom stereocenters. The third-order valence-corrected chi connectivity index (χ3v) is 3.62. The Labute approximate surface area is 101 Å². The van der Waals surface area contributed by atoms with Gasteiger partial charge in [-0.15, -0.1) is 0 Å². The summed E-state index contributed by atoms with van der Waals surface area (Å²) in [4.78, 5) is 11.6. The molecule has 1 heterocycles. The van der Waals surface area contributed by atoms with Crippen molar-refractivity contribution in [3.05, 3.63) is 23.3 Å². The molecular weight excluding hydrogens is 214 g/mol. The lowest BCUT2D eigenvalue weighted by Crippen LogP contribution is -2.34. The van der Waals surface area contributed by atoms with Crippen molar-refractivity contribution in [3.8, 4) is 5.75 Å². The highest BCUT2D eigenvalue weighted by Crippen LogP contribution is 2.35. The molecule has 1 aromatic rings. The SMILES string of the molecule is CC1Oc2cc3c(cc2NC1=O)CCCCC3. The van der Waals surface area contributed by atoms with Gasteiger partial charge in [-0.2, -0.15) is 0 Å². The Bertz CT molecular complexity index is 468. The van der Waals surface area contributed by atoms with Crippen molar-refractivity contribution in [2.24, 2.45) is 0 Å². The zero-order valence-electron chi connectivity index (χ0n) is 10.1. The molecule has 0 radical (unpaired) electrons. The number of anilines is 1. The van der Waals surface area contributed by atoms with Gasteiger partial charge in [0.05, 0.1) is 5.69 Å². The fraction of sp³-hybridized carbons (Fsp3) is 0.500. The van der Waals surface area contributed by atoms with E-state index in [-0.39, 0.29) is 12.0 Å². The quantitative estimate of drug-likeness (QED) is 0.697. The monoisotopic (exact) mass is 231 g/mol. The van der Waals surface area contributed by atoms with Crippen LogP contribution in [0, 0.1) is 0 Å². The standard InChI is InChI=1S/C14H17NO2/c1-9-14(16)15-12-7-10-5-3-2-4-6-11(10)8-13(12)17-9/h7-9H,2-6H2,1H3,(H,15,16). The highest BCUT2D eigenvalue weighted by atomic mass is 16.5. The van der Waals surface area contributed by atoms with Crippen molar-refractivity contribution < 1.29 is 9.53 Å². The number of carbonyl (C=O) groups is 1. The molecule has 0 aromatic heterocycles. The summed E-state index contributed by atoms with van der Waals surface area (Å²) in [6.45, 7) is 1.78. The van der Waals surface area contributed by atoms with Crippen LogP contribution in [-0.2, 0) is 17.6 Å². The number of hydrogen-bond acceptors (Lipinski definition) is 2. The van der Waals surface area contributed by atoms with Crippen LogP contribution in [0.4, 0.5) is 5.69 Å². The smallest absolute Gasteiger partial charge is 0.265 e. The van der Waals surface area contributed by atoms with Crippen molar-refractivity contribution in [2.75, 3.05) is 5.32 Å². The van der Waals surface area contributed by atoms with E-state index in [1.54, 1.807) is 6.92 Å². The second-order valence-corrected chi connectivity index (χ2v) is 4.93. The summed E-state index contributed by atoms with van der Waals surface area (Å²) in [7, 11) is 0. The van der Waals surface area contributed by atoms with Gasteiger partial charge in [0.15, 0.2) is 6.10 Å². The number of fused-ring (bicyclic) bond motifs is 2. The molecule has 90 valence electrons. The molecule has 17 heavy (non-hydrogen) atoms. The first-order valence-corrected chi connectivity index (χ1v) is 6.37. The summed E-state index contributed by atoms with van der Waals surface area (Å²) in [6.07, 6.45) is 5.67. The van der Waals surface area contributed by atoms with E-state index < -0.39 is 0 Å². The molecular formula is C14H17NO2. The minimum absolute atomic E-state index is 0.0499. The molecule has 0 saturated carbocycles. The van der Waals surface area contributed by atoms with Gasteiger partial charge in [0.25, 0.3) is 5.91 Å². The van der Waals surface area contributed by atoms with E-state index in [0.717, 1.165) is 24.3 Å². The number of carbonyl (C=O) groups excluding carboxylic acids is 1. The molecule has 0 bridgehead atoms. The van der Waals surface area contributed by atoms with Gasteiger partial charge in [0.2, 0.25) is 0 Å². The van der Waals surface area contributed by atoms with Crippen molar-refractivity contribution in [2.45, 2.75) is 45.1 Å². The number of aryl methyl sites for hydroxylation is 2. The fourth-order valence-electron chi connectivity index (χ4n) is 2.61. The second kappa shape index (κ2) is 4.06. The molecule has 0 fully saturated rings. The summed E-state index contributed by atoms with van der Waals surface area (Å²) in [5.74, 6) is 0.781. The maximum atomic E-state index is 11.6. The number of rotatable bonds is 0. The molecule has 1 N–H and O–H groups in total. The first-order chi connectivity index (χ1) is 8.24. The number of amides is 1. The van der Waals surface area contributed by atoms with Crippen LogP contribution < -0.4 is 10.1 Å². The molecule has 1 aliphatic heterocycles. The second-order valence-electron chi connectivity index (χ2n) is 4.93. The summed E-state index contributed by atoms with van der Waals surface area (Å²) in [5, 5.41) is 2.92. The summed E-state index contributed by atoms with van der Waals surface area (Å²) in [5.41, 5.74) is 3.61. The average Bonchev–Trinajstić information content (AvgIpc) is 2.53. The number of ether oxygens (including phenoxy) is 1. The Morgan fingerprint density at radius 1 is 1.18 bits per heavy atom. The summed E-state index contributed by atoms with van der Waals surface area (Å²) < 4.78 is 5.64. The first-order valence-electron chi connectivity index (χ1n) is 6.37. The predicted molar refractivity (Wildman–Crippen MR) is 66.4 cm³/mol. The van der Waals surface area contributed by atoms with Crippen molar-refractivity contribution in [1.29, 1.82) is 0 Å². The van der Waals surface area contributed by atoms with Crippen LogP contribution in [0.3, 0.4) is 0 Å². The Morgan fingerprint density at radius 3 is 2.65 bits per heavy atom. The van der Waals surface area contributed by atoms with Crippen LogP contribution in [0.15, 0.2) is 12.1 Å². The van der Waals surface area contributed by atoms with Crippen LogP contribution in [0.5, 0.6) is 5.75 Å².